The van der Waals surface area contributed by atoms with Crippen LogP contribution in [0.15, 0.2) is 48.5 Å². The molecular weight excluding hydrogens is 306 g/mol. The highest BCUT2D eigenvalue weighted by Crippen LogP contribution is 2.47. The molecule has 2 aliphatic rings. The number of aryl methyl sites for hydroxylation is 1. The number of hydrogen-bond donors (Lipinski definition) is 1. The average molecular weight is 335 g/mol. The molecule has 0 amide bonds. The van der Waals surface area contributed by atoms with E-state index in [0.717, 1.165) is 6.42 Å². The van der Waals surface area contributed by atoms with Crippen molar-refractivity contribution in [2.45, 2.75) is 56.9 Å². The van der Waals surface area contributed by atoms with Crippen LogP contribution in [-0.4, -0.2) is 29.1 Å². The van der Waals surface area contributed by atoms with Crippen LogP contribution in [0.25, 0.3) is 0 Å². The Morgan fingerprint density at radius 1 is 1.12 bits per heavy atom. The first kappa shape index (κ1) is 16.7. The van der Waals surface area contributed by atoms with Crippen molar-refractivity contribution in [3.8, 4) is 5.75 Å². The van der Waals surface area contributed by atoms with Gasteiger partial charge in [0, 0.05) is 12.6 Å². The summed E-state index contributed by atoms with van der Waals surface area (Å²) in [6.07, 6.45) is 7.54. The summed E-state index contributed by atoms with van der Waals surface area (Å²) in [4.78, 5) is 2.72. The summed E-state index contributed by atoms with van der Waals surface area (Å²) in [5.41, 5.74) is 4.44. The van der Waals surface area contributed by atoms with Gasteiger partial charge in [-0.15, -0.1) is 0 Å². The molecule has 0 aromatic heterocycles. The largest absolute Gasteiger partial charge is 0.508 e. The van der Waals surface area contributed by atoms with E-state index in [9.17, 15) is 5.11 Å². The fourth-order valence-corrected chi connectivity index (χ4v) is 4.97. The zero-order valence-corrected chi connectivity index (χ0v) is 15.2. The van der Waals surface area contributed by atoms with E-state index >= 15 is 0 Å². The zero-order chi connectivity index (χ0) is 17.3. The van der Waals surface area contributed by atoms with Gasteiger partial charge in [0.1, 0.15) is 5.75 Å². The van der Waals surface area contributed by atoms with Crippen LogP contribution in [0, 0.1) is 6.92 Å². The third-order valence-electron chi connectivity index (χ3n) is 6.48. The van der Waals surface area contributed by atoms with Crippen LogP contribution in [0.4, 0.5) is 0 Å². The number of benzene rings is 2. The van der Waals surface area contributed by atoms with Crippen molar-refractivity contribution < 1.29 is 5.11 Å². The number of nitrogens with zero attached hydrogens (tertiary/aromatic N) is 1. The van der Waals surface area contributed by atoms with E-state index in [-0.39, 0.29) is 0 Å². The van der Waals surface area contributed by atoms with Crippen LogP contribution in [0.1, 0.15) is 48.8 Å². The standard InChI is InChI=1S/C23H29NO/c1-18-7-9-19(10-8-18)11-14-24-15-13-23(12-3-5-21(24)17-23)20-4-2-6-22(25)16-20/h2,4,6-10,16,21,25H,3,5,11-15,17H2,1H3/t21-,23+/m1/s1. The minimum absolute atomic E-state index is 0.294. The Balaban J connectivity index is 1.44. The Hall–Kier alpha value is -1.80. The third-order valence-corrected chi connectivity index (χ3v) is 6.48. The lowest BCUT2D eigenvalue weighted by molar-refractivity contribution is 0.0524. The van der Waals surface area contributed by atoms with Gasteiger partial charge in [-0.05, 0) is 74.2 Å². The zero-order valence-electron chi connectivity index (χ0n) is 15.2. The van der Waals surface area contributed by atoms with Crippen molar-refractivity contribution in [2.75, 3.05) is 13.1 Å². The van der Waals surface area contributed by atoms with Crippen molar-refractivity contribution in [3.05, 3.63) is 65.2 Å². The molecule has 2 heteroatoms. The molecule has 1 heterocycles. The highest BCUT2D eigenvalue weighted by Gasteiger charge is 2.43. The Morgan fingerprint density at radius 2 is 1.96 bits per heavy atom. The number of hydrogen-bond acceptors (Lipinski definition) is 2. The first-order chi connectivity index (χ1) is 12.1. The van der Waals surface area contributed by atoms with Gasteiger partial charge in [-0.2, -0.15) is 0 Å². The van der Waals surface area contributed by atoms with Crippen LogP contribution >= 0.6 is 0 Å². The number of fused-ring (bicyclic) bond motifs is 2. The maximum absolute atomic E-state index is 9.91. The molecule has 1 aliphatic heterocycles. The first-order valence-electron chi connectivity index (χ1n) is 9.74. The van der Waals surface area contributed by atoms with E-state index in [1.807, 2.05) is 12.1 Å². The minimum Gasteiger partial charge on any atom is -0.508 e. The van der Waals surface area contributed by atoms with E-state index in [1.54, 1.807) is 6.07 Å². The van der Waals surface area contributed by atoms with E-state index in [2.05, 4.69) is 42.2 Å². The van der Waals surface area contributed by atoms with Gasteiger partial charge in [0.25, 0.3) is 0 Å². The Kier molecular flexibility index (Phi) is 4.56. The number of aromatic hydroxyl groups is 1. The van der Waals surface area contributed by atoms with Crippen molar-refractivity contribution in [1.29, 1.82) is 0 Å². The molecule has 2 bridgehead atoms. The van der Waals surface area contributed by atoms with E-state index in [0.29, 0.717) is 17.2 Å². The topological polar surface area (TPSA) is 23.5 Å². The molecule has 2 nitrogen and oxygen atoms in total. The summed E-state index contributed by atoms with van der Waals surface area (Å²) >= 11 is 0. The molecule has 1 N–H and O–H groups in total. The lowest BCUT2D eigenvalue weighted by atomic mass is 9.63. The second kappa shape index (κ2) is 6.84. The van der Waals surface area contributed by atoms with Gasteiger partial charge >= 0.3 is 0 Å². The molecule has 2 aromatic rings. The molecule has 2 atom stereocenters. The van der Waals surface area contributed by atoms with Crippen LogP contribution in [0.2, 0.25) is 0 Å². The lowest BCUT2D eigenvalue weighted by Gasteiger charge is -2.51. The van der Waals surface area contributed by atoms with Gasteiger partial charge in [0.2, 0.25) is 0 Å². The number of likely N-dealkylation sites (tertiary alicyclic amines) is 1. The molecule has 0 spiro atoms. The SMILES string of the molecule is Cc1ccc(CCN2CC[C@@]3(c4cccc(O)c4)CCC[C@@H]2C3)cc1. The van der Waals surface area contributed by atoms with Crippen molar-refractivity contribution in [2.24, 2.45) is 0 Å². The molecule has 4 rings (SSSR count). The molecule has 2 aromatic carbocycles. The van der Waals surface area contributed by atoms with Gasteiger partial charge in [-0.25, -0.2) is 0 Å². The summed E-state index contributed by atoms with van der Waals surface area (Å²) in [5.74, 6) is 0.413. The second-order valence-corrected chi connectivity index (χ2v) is 8.10. The van der Waals surface area contributed by atoms with Gasteiger partial charge in [0.05, 0.1) is 0 Å². The molecule has 0 unspecified atom stereocenters. The molecule has 1 saturated heterocycles. The van der Waals surface area contributed by atoms with Crippen molar-refractivity contribution in [1.82, 2.24) is 4.90 Å². The quantitative estimate of drug-likeness (QED) is 0.865. The predicted molar refractivity (Wildman–Crippen MR) is 103 cm³/mol. The lowest BCUT2D eigenvalue weighted by Crippen LogP contribution is -2.52. The van der Waals surface area contributed by atoms with Crippen LogP contribution in [-0.2, 0) is 11.8 Å². The fourth-order valence-electron chi connectivity index (χ4n) is 4.97. The molecule has 0 radical (unpaired) electrons. The number of phenolic OH excluding ortho intramolecular Hbond substituents is 1. The van der Waals surface area contributed by atoms with Crippen LogP contribution in [0.5, 0.6) is 5.75 Å². The Labute approximate surface area is 151 Å². The van der Waals surface area contributed by atoms with Crippen LogP contribution in [0.3, 0.4) is 0 Å². The van der Waals surface area contributed by atoms with Crippen molar-refractivity contribution in [3.63, 3.8) is 0 Å². The Bertz CT molecular complexity index is 723. The molecule has 2 fully saturated rings. The Morgan fingerprint density at radius 3 is 2.76 bits per heavy atom. The summed E-state index contributed by atoms with van der Waals surface area (Å²) in [6.45, 7) is 4.51. The van der Waals surface area contributed by atoms with E-state index < -0.39 is 0 Å². The summed E-state index contributed by atoms with van der Waals surface area (Å²) < 4.78 is 0. The molecule has 25 heavy (non-hydrogen) atoms. The normalized spacial score (nSPS) is 26.5. The van der Waals surface area contributed by atoms with E-state index in [4.69, 9.17) is 0 Å². The van der Waals surface area contributed by atoms with Gasteiger partial charge < -0.3 is 5.11 Å². The summed E-state index contributed by atoms with van der Waals surface area (Å²) in [6, 6.07) is 17.7. The molecule has 132 valence electrons. The maximum atomic E-state index is 9.91. The monoisotopic (exact) mass is 335 g/mol. The predicted octanol–water partition coefficient (Wildman–Crippen LogP) is 4.83. The smallest absolute Gasteiger partial charge is 0.115 e. The summed E-state index contributed by atoms with van der Waals surface area (Å²) in [5, 5.41) is 9.91. The average Bonchev–Trinajstić information content (AvgIpc) is 2.63. The first-order valence-corrected chi connectivity index (χ1v) is 9.74. The molecular formula is C23H29NO. The minimum atomic E-state index is 0.294. The van der Waals surface area contributed by atoms with E-state index in [1.165, 1.54) is 61.9 Å². The van der Waals surface area contributed by atoms with Gasteiger partial charge in [0.15, 0.2) is 0 Å². The number of piperidine rings is 1. The highest BCUT2D eigenvalue weighted by molar-refractivity contribution is 5.34. The number of rotatable bonds is 4. The third kappa shape index (κ3) is 3.46. The van der Waals surface area contributed by atoms with Gasteiger partial charge in [-0.3, -0.25) is 4.90 Å². The highest BCUT2D eigenvalue weighted by atomic mass is 16.3. The number of phenols is 1. The van der Waals surface area contributed by atoms with Crippen molar-refractivity contribution >= 4 is 0 Å². The van der Waals surface area contributed by atoms with Crippen LogP contribution < -0.4 is 0 Å². The maximum Gasteiger partial charge on any atom is 0.115 e. The second-order valence-electron chi connectivity index (χ2n) is 8.10. The molecule has 1 aliphatic carbocycles. The fraction of sp³-hybridized carbons (Fsp3) is 0.478. The summed E-state index contributed by atoms with van der Waals surface area (Å²) in [7, 11) is 0. The van der Waals surface area contributed by atoms with Gasteiger partial charge in [-0.1, -0.05) is 48.4 Å². The molecule has 1 saturated carbocycles.